The summed E-state index contributed by atoms with van der Waals surface area (Å²) in [6.45, 7) is 12.6. The molecule has 1 aliphatic heterocycles. The zero-order chi connectivity index (χ0) is 25.7. The average molecular weight is 527 g/mol. The molecule has 1 fully saturated rings. The van der Waals surface area contributed by atoms with Gasteiger partial charge in [-0.2, -0.15) is 4.98 Å². The highest BCUT2D eigenvalue weighted by Crippen LogP contribution is 2.38. The van der Waals surface area contributed by atoms with Gasteiger partial charge in [0, 0.05) is 11.4 Å². The zero-order valence-corrected chi connectivity index (χ0v) is 23.1. The molecule has 0 aliphatic carbocycles. The number of nitrogens with one attached hydrogen (secondary N) is 3. The Morgan fingerprint density at radius 1 is 1.08 bits per heavy atom. The predicted octanol–water partition coefficient (Wildman–Crippen LogP) is 7.08. The van der Waals surface area contributed by atoms with E-state index in [0.717, 1.165) is 48.1 Å². The summed E-state index contributed by atoms with van der Waals surface area (Å²) in [7, 11) is 0. The molecule has 2 aromatic heterocycles. The maximum Gasteiger partial charge on any atom is 0.229 e. The number of nitrogens with zero attached hydrogens (tertiary/aromatic N) is 3. The first-order chi connectivity index (χ1) is 17.3. The molecule has 1 aliphatic rings. The number of pyridine rings is 1. The van der Waals surface area contributed by atoms with Crippen molar-refractivity contribution in [3.05, 3.63) is 52.8 Å². The van der Waals surface area contributed by atoms with E-state index in [-0.39, 0.29) is 6.10 Å². The van der Waals surface area contributed by atoms with Crippen LogP contribution in [-0.2, 0) is 0 Å². The van der Waals surface area contributed by atoms with E-state index < -0.39 is 0 Å². The highest BCUT2D eigenvalue weighted by molar-refractivity contribution is 7.99. The maximum absolute atomic E-state index is 6.47. The molecule has 9 heteroatoms. The Balaban J connectivity index is 1.62. The van der Waals surface area contributed by atoms with E-state index in [1.54, 1.807) is 24.2 Å². The van der Waals surface area contributed by atoms with E-state index in [1.165, 1.54) is 11.1 Å². The van der Waals surface area contributed by atoms with E-state index in [4.69, 9.17) is 16.3 Å². The van der Waals surface area contributed by atoms with Gasteiger partial charge in [0.25, 0.3) is 0 Å². The molecule has 1 aromatic carbocycles. The summed E-state index contributed by atoms with van der Waals surface area (Å²) in [5.74, 6) is 2.29. The molecule has 3 heterocycles. The van der Waals surface area contributed by atoms with Gasteiger partial charge < -0.3 is 20.7 Å². The van der Waals surface area contributed by atoms with E-state index in [2.05, 4.69) is 63.8 Å². The summed E-state index contributed by atoms with van der Waals surface area (Å²) < 4.78 is 6.22. The van der Waals surface area contributed by atoms with Crippen LogP contribution in [0.2, 0.25) is 5.02 Å². The molecule has 0 saturated carbocycles. The quantitative estimate of drug-likeness (QED) is 0.255. The Hall–Kier alpha value is -2.55. The third kappa shape index (κ3) is 6.81. The van der Waals surface area contributed by atoms with Crippen LogP contribution in [-0.4, -0.2) is 39.4 Å². The van der Waals surface area contributed by atoms with Gasteiger partial charge in [-0.3, -0.25) is 0 Å². The van der Waals surface area contributed by atoms with Crippen molar-refractivity contribution in [2.75, 3.05) is 23.7 Å². The van der Waals surface area contributed by atoms with Gasteiger partial charge in [-0.25, -0.2) is 9.97 Å². The van der Waals surface area contributed by atoms with Crippen molar-refractivity contribution in [3.63, 3.8) is 0 Å². The lowest BCUT2D eigenvalue weighted by Gasteiger charge is -2.26. The molecule has 192 valence electrons. The average Bonchev–Trinajstić information content (AvgIpc) is 2.84. The SMILES string of the molecule is Cc1cc(Nc2ncc(Cl)c(Nc3cccnc3SC(C)C)n2)c(OC(C)C)cc1C1CCNCC1. The van der Waals surface area contributed by atoms with Gasteiger partial charge in [0.15, 0.2) is 5.82 Å². The number of halogens is 1. The topological polar surface area (TPSA) is 84.0 Å². The maximum atomic E-state index is 6.47. The second-order valence-electron chi connectivity index (χ2n) is 9.56. The van der Waals surface area contributed by atoms with Crippen LogP contribution in [0.15, 0.2) is 41.7 Å². The lowest BCUT2D eigenvalue weighted by atomic mass is 9.87. The van der Waals surface area contributed by atoms with Crippen LogP contribution in [0.4, 0.5) is 23.1 Å². The van der Waals surface area contributed by atoms with Gasteiger partial charge in [-0.05, 0) is 88.0 Å². The fourth-order valence-electron chi connectivity index (χ4n) is 4.29. The summed E-state index contributed by atoms with van der Waals surface area (Å²) in [6.07, 6.45) is 5.70. The van der Waals surface area contributed by atoms with Crippen molar-refractivity contribution in [1.82, 2.24) is 20.3 Å². The first-order valence-electron chi connectivity index (χ1n) is 12.5. The molecule has 4 rings (SSSR count). The van der Waals surface area contributed by atoms with Crippen molar-refractivity contribution >= 4 is 46.5 Å². The standard InChI is InChI=1S/C27H35ClN6OS/c1-16(2)35-24-14-20(19-8-11-29-12-9-19)18(5)13-23(24)33-27-31-15-21(28)25(34-27)32-22-7-6-10-30-26(22)36-17(3)4/h6-7,10,13-17,19,29H,8-9,11-12H2,1-5H3,(H2,31,32,33,34). The number of benzene rings is 1. The molecule has 3 N–H and O–H groups in total. The Bertz CT molecular complexity index is 1180. The van der Waals surface area contributed by atoms with E-state index in [9.17, 15) is 0 Å². The fourth-order valence-corrected chi connectivity index (χ4v) is 5.24. The minimum absolute atomic E-state index is 0.0416. The molecule has 1 saturated heterocycles. The Kier molecular flexibility index (Phi) is 8.93. The number of piperidine rings is 1. The Labute approximate surface area is 223 Å². The number of hydrogen-bond acceptors (Lipinski definition) is 8. The predicted molar refractivity (Wildman–Crippen MR) is 151 cm³/mol. The van der Waals surface area contributed by atoms with Crippen LogP contribution in [0, 0.1) is 6.92 Å². The van der Waals surface area contributed by atoms with Gasteiger partial charge in [-0.15, -0.1) is 11.8 Å². The molecule has 36 heavy (non-hydrogen) atoms. The molecular formula is C27H35ClN6OS. The van der Waals surface area contributed by atoms with E-state index >= 15 is 0 Å². The smallest absolute Gasteiger partial charge is 0.229 e. The minimum atomic E-state index is 0.0416. The number of ether oxygens (including phenoxy) is 1. The van der Waals surface area contributed by atoms with Crippen LogP contribution < -0.4 is 20.7 Å². The van der Waals surface area contributed by atoms with Gasteiger partial charge in [-0.1, -0.05) is 25.4 Å². The normalized spacial score (nSPS) is 14.3. The van der Waals surface area contributed by atoms with Crippen LogP contribution >= 0.6 is 23.4 Å². The van der Waals surface area contributed by atoms with E-state index in [1.807, 2.05) is 26.0 Å². The van der Waals surface area contributed by atoms with Crippen LogP contribution in [0.5, 0.6) is 5.75 Å². The minimum Gasteiger partial charge on any atom is -0.489 e. The first kappa shape index (κ1) is 26.5. The number of hydrogen-bond donors (Lipinski definition) is 3. The summed E-state index contributed by atoms with van der Waals surface area (Å²) >= 11 is 8.15. The molecular weight excluding hydrogens is 492 g/mol. The summed E-state index contributed by atoms with van der Waals surface area (Å²) in [5, 5.41) is 11.9. The van der Waals surface area contributed by atoms with Gasteiger partial charge in [0.05, 0.1) is 23.7 Å². The zero-order valence-electron chi connectivity index (χ0n) is 21.6. The molecule has 3 aromatic rings. The van der Waals surface area contributed by atoms with Gasteiger partial charge >= 0.3 is 0 Å². The lowest BCUT2D eigenvalue weighted by Crippen LogP contribution is -2.27. The third-order valence-electron chi connectivity index (χ3n) is 5.87. The summed E-state index contributed by atoms with van der Waals surface area (Å²) in [6, 6.07) is 8.19. The van der Waals surface area contributed by atoms with Gasteiger partial charge in [0.2, 0.25) is 5.95 Å². The number of aryl methyl sites for hydroxylation is 1. The Morgan fingerprint density at radius 2 is 1.86 bits per heavy atom. The molecule has 0 unspecified atom stereocenters. The number of thioether (sulfide) groups is 1. The molecule has 0 amide bonds. The highest BCUT2D eigenvalue weighted by atomic mass is 35.5. The second-order valence-corrected chi connectivity index (χ2v) is 11.5. The Morgan fingerprint density at radius 3 is 2.58 bits per heavy atom. The van der Waals surface area contributed by atoms with Crippen molar-refractivity contribution in [2.45, 2.75) is 69.8 Å². The summed E-state index contributed by atoms with van der Waals surface area (Å²) in [4.78, 5) is 13.6. The largest absolute Gasteiger partial charge is 0.489 e. The molecule has 0 spiro atoms. The van der Waals surface area contributed by atoms with Gasteiger partial charge in [0.1, 0.15) is 15.8 Å². The van der Waals surface area contributed by atoms with Crippen molar-refractivity contribution in [2.24, 2.45) is 0 Å². The third-order valence-corrected chi connectivity index (χ3v) is 7.17. The first-order valence-corrected chi connectivity index (χ1v) is 13.8. The van der Waals surface area contributed by atoms with Crippen LogP contribution in [0.3, 0.4) is 0 Å². The van der Waals surface area contributed by atoms with Crippen molar-refractivity contribution in [1.29, 1.82) is 0 Å². The number of rotatable bonds is 9. The fraction of sp³-hybridized carbons (Fsp3) is 0.444. The summed E-state index contributed by atoms with van der Waals surface area (Å²) in [5.41, 5.74) is 4.28. The number of anilines is 4. The molecule has 0 atom stereocenters. The van der Waals surface area contributed by atoms with Crippen LogP contribution in [0.1, 0.15) is 57.6 Å². The second kappa shape index (κ2) is 12.1. The molecule has 7 nitrogen and oxygen atoms in total. The lowest BCUT2D eigenvalue weighted by molar-refractivity contribution is 0.243. The highest BCUT2D eigenvalue weighted by Gasteiger charge is 2.21. The van der Waals surface area contributed by atoms with Crippen LogP contribution in [0.25, 0.3) is 0 Å². The number of aromatic nitrogens is 3. The molecule has 0 bridgehead atoms. The van der Waals surface area contributed by atoms with Crippen molar-refractivity contribution < 1.29 is 4.74 Å². The molecule has 0 radical (unpaired) electrons. The monoisotopic (exact) mass is 526 g/mol. The van der Waals surface area contributed by atoms with E-state index in [0.29, 0.717) is 28.0 Å². The van der Waals surface area contributed by atoms with Crippen molar-refractivity contribution in [3.8, 4) is 5.75 Å².